The number of fused-ring (bicyclic) bond motifs is 5. The summed E-state index contributed by atoms with van der Waals surface area (Å²) in [6, 6.07) is 5.20. The minimum absolute atomic E-state index is 0.0302. The molecular weight excluding hydrogens is 709 g/mol. The summed E-state index contributed by atoms with van der Waals surface area (Å²) >= 11 is 0. The highest BCUT2D eigenvalue weighted by atomic mass is 32.2. The predicted molar refractivity (Wildman–Crippen MR) is 190 cm³/mol. The average molecular weight is 756 g/mol. The number of carbonyl (C=O) groups is 4. The molecule has 7 rings (SSSR count). The summed E-state index contributed by atoms with van der Waals surface area (Å²) in [5, 5.41) is 16.6. The van der Waals surface area contributed by atoms with E-state index in [0.29, 0.717) is 31.7 Å². The summed E-state index contributed by atoms with van der Waals surface area (Å²) < 4.78 is 52.8. The Morgan fingerprint density at radius 2 is 1.92 bits per heavy atom. The lowest BCUT2D eigenvalue weighted by Gasteiger charge is -2.32. The van der Waals surface area contributed by atoms with Crippen LogP contribution in [0.1, 0.15) is 70.8 Å². The number of sulfonamides is 1. The number of nitrogens with one attached hydrogen (secondary N) is 3. The van der Waals surface area contributed by atoms with Crippen molar-refractivity contribution < 1.29 is 46.6 Å². The number of nitrogens with zero attached hydrogens (tertiary/aromatic N) is 2. The third kappa shape index (κ3) is 7.01. The van der Waals surface area contributed by atoms with Gasteiger partial charge in [-0.25, -0.2) is 17.6 Å². The van der Waals surface area contributed by atoms with Gasteiger partial charge in [0.1, 0.15) is 35.1 Å². The Morgan fingerprint density at radius 3 is 2.64 bits per heavy atom. The van der Waals surface area contributed by atoms with Crippen LogP contribution in [0.5, 0.6) is 11.8 Å². The van der Waals surface area contributed by atoms with Crippen molar-refractivity contribution >= 4 is 44.6 Å². The molecule has 1 saturated heterocycles. The van der Waals surface area contributed by atoms with Gasteiger partial charge in [-0.2, -0.15) is 4.98 Å². The number of alkyl halides is 1. The normalized spacial score (nSPS) is 31.6. The lowest BCUT2D eigenvalue weighted by Crippen LogP contribution is -2.59. The van der Waals surface area contributed by atoms with Gasteiger partial charge in [0.15, 0.2) is 0 Å². The van der Waals surface area contributed by atoms with E-state index in [9.17, 15) is 37.1 Å². The van der Waals surface area contributed by atoms with Crippen LogP contribution in [0.15, 0.2) is 36.4 Å². The van der Waals surface area contributed by atoms with Crippen LogP contribution >= 0.6 is 0 Å². The van der Waals surface area contributed by atoms with Gasteiger partial charge in [0, 0.05) is 23.3 Å². The molecule has 2 aliphatic carbocycles. The molecule has 14 nitrogen and oxygen atoms in total. The zero-order valence-corrected chi connectivity index (χ0v) is 30.6. The molecule has 2 saturated carbocycles. The minimum atomic E-state index is -4.38. The Balaban J connectivity index is 1.23. The maximum atomic E-state index is 14.4. The lowest BCUT2D eigenvalue weighted by atomic mass is 9.88. The number of rotatable bonds is 7. The van der Waals surface area contributed by atoms with E-state index in [0.717, 1.165) is 29.2 Å². The topological polar surface area (TPSA) is 193 Å². The fourth-order valence-corrected chi connectivity index (χ4v) is 9.60. The van der Waals surface area contributed by atoms with Gasteiger partial charge in [0.2, 0.25) is 33.6 Å². The van der Waals surface area contributed by atoms with Gasteiger partial charge in [-0.1, -0.05) is 44.2 Å². The molecule has 7 atom stereocenters. The van der Waals surface area contributed by atoms with Gasteiger partial charge in [-0.05, 0) is 74.7 Å². The van der Waals surface area contributed by atoms with Crippen molar-refractivity contribution in [2.75, 3.05) is 19.8 Å². The third-order valence-corrected chi connectivity index (χ3v) is 13.7. The Kier molecular flexibility index (Phi) is 9.79. The van der Waals surface area contributed by atoms with Crippen LogP contribution in [-0.2, 0) is 30.8 Å². The van der Waals surface area contributed by atoms with Crippen LogP contribution in [0.25, 0.3) is 10.8 Å². The number of halogens is 1. The predicted octanol–water partition coefficient (Wildman–Crippen LogP) is 3.38. The highest BCUT2D eigenvalue weighted by molar-refractivity contribution is 7.91. The maximum Gasteiger partial charge on any atom is 0.405 e. The van der Waals surface area contributed by atoms with Crippen molar-refractivity contribution in [1.82, 2.24) is 25.2 Å². The van der Waals surface area contributed by atoms with E-state index in [1.54, 1.807) is 13.0 Å². The number of pyridine rings is 1. The van der Waals surface area contributed by atoms with Crippen LogP contribution in [0.2, 0.25) is 0 Å². The molecule has 0 spiro atoms. The minimum Gasteiger partial charge on any atom is -0.477 e. The zero-order valence-electron chi connectivity index (χ0n) is 29.8. The number of amides is 4. The van der Waals surface area contributed by atoms with E-state index in [1.165, 1.54) is 4.90 Å². The smallest absolute Gasteiger partial charge is 0.405 e. The molecule has 0 unspecified atom stereocenters. The highest BCUT2D eigenvalue weighted by Crippen LogP contribution is 2.48. The van der Waals surface area contributed by atoms with Crippen LogP contribution in [0.3, 0.4) is 0 Å². The van der Waals surface area contributed by atoms with Gasteiger partial charge in [-0.3, -0.25) is 19.1 Å². The van der Waals surface area contributed by atoms with Crippen molar-refractivity contribution in [3.05, 3.63) is 42.0 Å². The molecule has 0 radical (unpaired) electrons. The number of carbonyl (C=O) groups excluding carboxylic acids is 3. The molecule has 1 aromatic carbocycles. The van der Waals surface area contributed by atoms with E-state index in [1.807, 2.05) is 37.3 Å². The standard InChI is InChI=1S/C37H46FN5O9S/c1-21-8-3-4-9-23-18-37(23,34(46)42-53(49,50)36(20-38)13-14-36)41-30(44)28-17-24(19-43(28)33(45)29(22(2)16-21)39-35(47)48)52-32-27-11-6-5-10-25(27)26-12-7-15-51-31(26)40-32/h4-6,9-11,21-24,28-29,39H,3,7-8,12-20H2,1-2H3,(H,41,44)(H,42,46)(H,47,48)/b9-4-/t21-,22-,23-,24-,28+,29+,37-/m1/s1. The van der Waals surface area contributed by atoms with E-state index >= 15 is 0 Å². The van der Waals surface area contributed by atoms with Crippen molar-refractivity contribution in [3.63, 3.8) is 0 Å². The fourth-order valence-electron chi connectivity index (χ4n) is 8.18. The molecule has 1 aromatic heterocycles. The number of aryl methyl sites for hydroxylation is 1. The Hall–Kier alpha value is -4.47. The van der Waals surface area contributed by atoms with E-state index in [4.69, 9.17) is 14.5 Å². The molecular formula is C37H46FN5O9S. The second-order valence-electron chi connectivity index (χ2n) is 15.5. The number of aromatic nitrogens is 1. The number of ether oxygens (including phenoxy) is 2. The van der Waals surface area contributed by atoms with Crippen molar-refractivity contribution in [1.29, 1.82) is 0 Å². The molecule has 2 aromatic rings. The highest BCUT2D eigenvalue weighted by Gasteiger charge is 2.64. The number of allylic oxidation sites excluding steroid dienone is 1. The Bertz CT molecular complexity index is 1960. The molecule has 4 N–H and O–H groups in total. The van der Waals surface area contributed by atoms with Crippen LogP contribution < -0.4 is 24.8 Å². The fraction of sp³-hybridized carbons (Fsp3) is 0.595. The second-order valence-corrected chi connectivity index (χ2v) is 17.5. The van der Waals surface area contributed by atoms with Crippen LogP contribution in [0.4, 0.5) is 9.18 Å². The zero-order chi connectivity index (χ0) is 37.7. The summed E-state index contributed by atoms with van der Waals surface area (Å²) in [4.78, 5) is 60.6. The monoisotopic (exact) mass is 755 g/mol. The number of carboxylic acid groups (broad SMARTS) is 1. The molecule has 3 fully saturated rings. The van der Waals surface area contributed by atoms with Gasteiger partial charge in [0.25, 0.3) is 5.91 Å². The van der Waals surface area contributed by atoms with Crippen molar-refractivity contribution in [2.24, 2.45) is 17.8 Å². The Labute approximate surface area is 307 Å². The largest absolute Gasteiger partial charge is 0.477 e. The third-order valence-electron chi connectivity index (χ3n) is 11.6. The van der Waals surface area contributed by atoms with Gasteiger partial charge < -0.3 is 30.1 Å². The van der Waals surface area contributed by atoms with Gasteiger partial charge >= 0.3 is 6.09 Å². The molecule has 286 valence electrons. The van der Waals surface area contributed by atoms with E-state index in [2.05, 4.69) is 15.4 Å². The lowest BCUT2D eigenvalue weighted by molar-refractivity contribution is -0.142. The first kappa shape index (κ1) is 36.9. The van der Waals surface area contributed by atoms with Crippen LogP contribution in [-0.4, -0.2) is 95.5 Å². The first-order chi connectivity index (χ1) is 25.3. The first-order valence-electron chi connectivity index (χ1n) is 18.4. The summed E-state index contributed by atoms with van der Waals surface area (Å²) in [6.07, 6.45) is 5.20. The maximum absolute atomic E-state index is 14.4. The number of hydrogen-bond donors (Lipinski definition) is 4. The van der Waals surface area contributed by atoms with Gasteiger partial charge in [-0.15, -0.1) is 0 Å². The average Bonchev–Trinajstić information content (AvgIpc) is 4.03. The second kappa shape index (κ2) is 14.1. The van der Waals surface area contributed by atoms with Crippen molar-refractivity contribution in [3.8, 4) is 11.8 Å². The summed E-state index contributed by atoms with van der Waals surface area (Å²) in [7, 11) is -4.38. The first-order valence-corrected chi connectivity index (χ1v) is 19.9. The molecule has 0 bridgehead atoms. The molecule has 5 aliphatic rings. The molecule has 4 heterocycles. The van der Waals surface area contributed by atoms with E-state index in [-0.39, 0.29) is 44.0 Å². The van der Waals surface area contributed by atoms with Crippen molar-refractivity contribution in [2.45, 2.75) is 100 Å². The molecule has 4 amide bonds. The van der Waals surface area contributed by atoms with Gasteiger partial charge in [0.05, 0.1) is 13.2 Å². The summed E-state index contributed by atoms with van der Waals surface area (Å²) in [6.45, 7) is 3.07. The summed E-state index contributed by atoms with van der Waals surface area (Å²) in [5.74, 6) is -2.49. The summed E-state index contributed by atoms with van der Waals surface area (Å²) in [5.41, 5.74) is -0.692. The van der Waals surface area contributed by atoms with E-state index < -0.39 is 80.8 Å². The number of benzene rings is 1. The molecule has 3 aliphatic heterocycles. The SMILES string of the molecule is C[C@@H]1CC/C=C\[C@@H]2C[C@@]2(C(=O)NS(=O)(=O)C2(CF)CC2)NC(=O)[C@@H]2C[C@@H](Oc3nc4c(c5ccccc35)CCCO4)CN2C(=O)[C@@H](NC(=O)O)[C@H](C)C1. The molecule has 53 heavy (non-hydrogen) atoms. The van der Waals surface area contributed by atoms with Crippen LogP contribution in [0, 0.1) is 17.8 Å². The Morgan fingerprint density at radius 1 is 1.17 bits per heavy atom. The quantitative estimate of drug-likeness (QED) is 0.305. The number of hydrogen-bond acceptors (Lipinski definition) is 9. The molecule has 16 heteroatoms.